The highest BCUT2D eigenvalue weighted by molar-refractivity contribution is 7.92. The summed E-state index contributed by atoms with van der Waals surface area (Å²) in [7, 11) is -2.60. The van der Waals surface area contributed by atoms with Gasteiger partial charge in [-0.1, -0.05) is 86.6 Å². The summed E-state index contributed by atoms with van der Waals surface area (Å²) in [6, 6.07) is 31.1. The van der Waals surface area contributed by atoms with Crippen LogP contribution in [0.25, 0.3) is 0 Å². The van der Waals surface area contributed by atoms with Crippen molar-refractivity contribution in [2.24, 2.45) is 0 Å². The summed E-state index contributed by atoms with van der Waals surface area (Å²) in [5.41, 5.74) is 2.42. The Balaban J connectivity index is 1.83. The number of methoxy groups -OCH3 is 1. The molecule has 0 aliphatic carbocycles. The zero-order valence-electron chi connectivity index (χ0n) is 28.0. The van der Waals surface area contributed by atoms with Gasteiger partial charge in [0.25, 0.3) is 10.0 Å². The molecule has 2 amide bonds. The zero-order valence-corrected chi connectivity index (χ0v) is 28.8. The number of ether oxygens (including phenoxy) is 1. The molecule has 248 valence electrons. The van der Waals surface area contributed by atoms with E-state index in [0.717, 1.165) is 21.0 Å². The number of carbonyl (C=O) groups is 2. The Morgan fingerprint density at radius 1 is 0.809 bits per heavy atom. The molecule has 9 heteroatoms. The predicted molar refractivity (Wildman–Crippen MR) is 187 cm³/mol. The van der Waals surface area contributed by atoms with Gasteiger partial charge in [0.05, 0.1) is 17.7 Å². The van der Waals surface area contributed by atoms with Crippen molar-refractivity contribution in [3.05, 3.63) is 126 Å². The van der Waals surface area contributed by atoms with Crippen LogP contribution in [0.3, 0.4) is 0 Å². The highest BCUT2D eigenvalue weighted by Crippen LogP contribution is 2.27. The average molecular weight is 656 g/mol. The lowest BCUT2D eigenvalue weighted by atomic mass is 10.0. The van der Waals surface area contributed by atoms with Crippen LogP contribution in [0.1, 0.15) is 57.2 Å². The summed E-state index contributed by atoms with van der Waals surface area (Å²) >= 11 is 0. The van der Waals surface area contributed by atoms with E-state index in [0.29, 0.717) is 11.4 Å². The molecule has 4 rings (SSSR count). The first-order valence-electron chi connectivity index (χ1n) is 15.7. The van der Waals surface area contributed by atoms with Crippen molar-refractivity contribution in [3.63, 3.8) is 0 Å². The van der Waals surface area contributed by atoms with Crippen molar-refractivity contribution < 1.29 is 22.7 Å². The maximum atomic E-state index is 14.6. The second-order valence-electron chi connectivity index (χ2n) is 12.9. The van der Waals surface area contributed by atoms with E-state index in [1.807, 2.05) is 81.4 Å². The molecule has 47 heavy (non-hydrogen) atoms. The molecule has 0 bridgehead atoms. The number of anilines is 1. The summed E-state index contributed by atoms with van der Waals surface area (Å²) in [6.07, 6.45) is 0.229. The molecule has 0 fully saturated rings. The SMILES string of the molecule is COc1cccc(CN(C(=O)CN(c2ccc(C(C)C)cc2)S(=O)(=O)c2ccccc2)[C@H](Cc2ccccc2)C(=O)NC(C)(C)C)c1. The van der Waals surface area contributed by atoms with Gasteiger partial charge in [-0.25, -0.2) is 8.42 Å². The quantitative estimate of drug-likeness (QED) is 0.176. The third kappa shape index (κ3) is 9.45. The number of hydrogen-bond acceptors (Lipinski definition) is 5. The third-order valence-corrected chi connectivity index (χ3v) is 9.50. The lowest BCUT2D eigenvalue weighted by Crippen LogP contribution is -2.56. The Kier molecular flexibility index (Phi) is 11.5. The van der Waals surface area contributed by atoms with Gasteiger partial charge in [-0.15, -0.1) is 0 Å². The fourth-order valence-corrected chi connectivity index (χ4v) is 6.68. The highest BCUT2D eigenvalue weighted by Gasteiger charge is 2.35. The van der Waals surface area contributed by atoms with E-state index in [-0.39, 0.29) is 29.7 Å². The van der Waals surface area contributed by atoms with Crippen molar-refractivity contribution in [3.8, 4) is 5.75 Å². The Morgan fingerprint density at radius 2 is 1.40 bits per heavy atom. The van der Waals surface area contributed by atoms with E-state index < -0.39 is 34.1 Å². The van der Waals surface area contributed by atoms with Crippen LogP contribution in [0.15, 0.2) is 114 Å². The first-order valence-corrected chi connectivity index (χ1v) is 17.2. The molecular weight excluding hydrogens is 611 g/mol. The molecular formula is C38H45N3O5S. The molecule has 0 aliphatic heterocycles. The lowest BCUT2D eigenvalue weighted by Gasteiger charge is -2.35. The molecule has 0 radical (unpaired) electrons. The lowest BCUT2D eigenvalue weighted by molar-refractivity contribution is -0.140. The minimum atomic E-state index is -4.17. The van der Waals surface area contributed by atoms with Gasteiger partial charge in [0, 0.05) is 18.5 Å². The van der Waals surface area contributed by atoms with Crippen LogP contribution in [-0.4, -0.2) is 50.4 Å². The van der Waals surface area contributed by atoms with Crippen LogP contribution >= 0.6 is 0 Å². The molecule has 0 heterocycles. The number of nitrogens with zero attached hydrogens (tertiary/aromatic N) is 2. The Morgan fingerprint density at radius 3 is 1.98 bits per heavy atom. The van der Waals surface area contributed by atoms with Crippen LogP contribution in [0.2, 0.25) is 0 Å². The number of sulfonamides is 1. The van der Waals surface area contributed by atoms with Crippen molar-refractivity contribution in [1.82, 2.24) is 10.2 Å². The summed E-state index contributed by atoms with van der Waals surface area (Å²) in [6.45, 7) is 9.30. The van der Waals surface area contributed by atoms with E-state index in [9.17, 15) is 18.0 Å². The Hall–Kier alpha value is -4.63. The predicted octanol–water partition coefficient (Wildman–Crippen LogP) is 6.57. The molecule has 4 aromatic carbocycles. The minimum Gasteiger partial charge on any atom is -0.497 e. The number of benzene rings is 4. The summed E-state index contributed by atoms with van der Waals surface area (Å²) in [5, 5.41) is 3.05. The molecule has 0 aliphatic rings. The fraction of sp³-hybridized carbons (Fsp3) is 0.316. The summed E-state index contributed by atoms with van der Waals surface area (Å²) in [4.78, 5) is 30.2. The van der Waals surface area contributed by atoms with Crippen molar-refractivity contribution >= 4 is 27.5 Å². The van der Waals surface area contributed by atoms with Gasteiger partial charge in [0.2, 0.25) is 11.8 Å². The molecule has 0 aromatic heterocycles. The maximum Gasteiger partial charge on any atom is 0.264 e. The number of nitrogens with one attached hydrogen (secondary N) is 1. The van der Waals surface area contributed by atoms with Crippen molar-refractivity contribution in [2.45, 2.75) is 70.0 Å². The molecule has 1 atom stereocenters. The monoisotopic (exact) mass is 655 g/mol. The summed E-state index contributed by atoms with van der Waals surface area (Å²) in [5.74, 6) is -0.0166. The number of hydrogen-bond donors (Lipinski definition) is 1. The maximum absolute atomic E-state index is 14.6. The van der Waals surface area contributed by atoms with Gasteiger partial charge >= 0.3 is 0 Å². The van der Waals surface area contributed by atoms with Crippen molar-refractivity contribution in [2.75, 3.05) is 18.0 Å². The topological polar surface area (TPSA) is 96.0 Å². The number of amides is 2. The number of carbonyl (C=O) groups excluding carboxylic acids is 2. The smallest absolute Gasteiger partial charge is 0.264 e. The molecule has 4 aromatic rings. The first-order chi connectivity index (χ1) is 22.3. The molecule has 0 unspecified atom stereocenters. The molecule has 0 saturated heterocycles. The standard InChI is InChI=1S/C38H45N3O5S/c1-28(2)31-20-22-32(23-21-31)41(47(44,45)34-18-11-8-12-19-34)27-36(42)40(26-30-16-13-17-33(24-30)46-6)35(37(43)39-38(3,4)5)25-29-14-9-7-10-15-29/h7-24,28,35H,25-27H2,1-6H3,(H,39,43)/t35-/m1/s1. The van der Waals surface area contributed by atoms with E-state index in [4.69, 9.17) is 4.74 Å². The Labute approximate surface area is 279 Å². The molecule has 0 spiro atoms. The molecule has 0 saturated carbocycles. The molecule has 1 N–H and O–H groups in total. The second-order valence-corrected chi connectivity index (χ2v) is 14.8. The van der Waals surface area contributed by atoms with E-state index in [1.54, 1.807) is 43.5 Å². The van der Waals surface area contributed by atoms with Gasteiger partial charge in [0.1, 0.15) is 18.3 Å². The Bertz CT molecular complexity index is 1740. The van der Waals surface area contributed by atoms with Crippen LogP contribution in [0, 0.1) is 0 Å². The van der Waals surface area contributed by atoms with E-state index in [1.165, 1.54) is 17.0 Å². The number of rotatable bonds is 13. The van der Waals surface area contributed by atoms with Crippen molar-refractivity contribution in [1.29, 1.82) is 0 Å². The largest absolute Gasteiger partial charge is 0.497 e. The van der Waals surface area contributed by atoms with Gasteiger partial charge in [-0.2, -0.15) is 0 Å². The van der Waals surface area contributed by atoms with Gasteiger partial charge in [-0.3, -0.25) is 13.9 Å². The first kappa shape index (κ1) is 35.2. The second kappa shape index (κ2) is 15.3. The van der Waals surface area contributed by atoms with Crippen LogP contribution < -0.4 is 14.4 Å². The van der Waals surface area contributed by atoms with Crippen LogP contribution in [0.5, 0.6) is 5.75 Å². The third-order valence-electron chi connectivity index (χ3n) is 7.71. The molecule has 8 nitrogen and oxygen atoms in total. The minimum absolute atomic E-state index is 0.0522. The zero-order chi connectivity index (χ0) is 34.2. The van der Waals surface area contributed by atoms with Gasteiger partial charge < -0.3 is 15.0 Å². The highest BCUT2D eigenvalue weighted by atomic mass is 32.2. The van der Waals surface area contributed by atoms with Crippen LogP contribution in [-0.2, 0) is 32.6 Å². The van der Waals surface area contributed by atoms with Gasteiger partial charge in [-0.05, 0) is 79.8 Å². The van der Waals surface area contributed by atoms with Gasteiger partial charge in [0.15, 0.2) is 0 Å². The fourth-order valence-electron chi connectivity index (χ4n) is 5.25. The average Bonchev–Trinajstić information content (AvgIpc) is 3.05. The van der Waals surface area contributed by atoms with E-state index >= 15 is 0 Å². The normalized spacial score (nSPS) is 12.3. The summed E-state index contributed by atoms with van der Waals surface area (Å²) < 4.78 is 35.0. The van der Waals surface area contributed by atoms with Crippen LogP contribution in [0.4, 0.5) is 5.69 Å². The van der Waals surface area contributed by atoms with E-state index in [2.05, 4.69) is 19.2 Å².